The van der Waals surface area contributed by atoms with Crippen LogP contribution in [0.5, 0.6) is 0 Å². The van der Waals surface area contributed by atoms with E-state index in [1.165, 1.54) is 0 Å². The quantitative estimate of drug-likeness (QED) is 0.735. The lowest BCUT2D eigenvalue weighted by atomic mass is 10.1. The second kappa shape index (κ2) is 3.73. The maximum atomic E-state index is 11.6. The lowest BCUT2D eigenvalue weighted by molar-refractivity contribution is -0.117. The SMILES string of the molecule is C=CC1CC(=O)N(c2ccc(N)cn2)C1. The number of nitrogens with two attached hydrogens (primary N) is 1. The smallest absolute Gasteiger partial charge is 0.228 e. The summed E-state index contributed by atoms with van der Waals surface area (Å²) in [5.41, 5.74) is 6.13. The number of carbonyl (C=O) groups is 1. The molecule has 1 unspecified atom stereocenters. The van der Waals surface area contributed by atoms with Gasteiger partial charge in [0.1, 0.15) is 5.82 Å². The van der Waals surface area contributed by atoms with Crippen molar-refractivity contribution in [2.24, 2.45) is 5.92 Å². The van der Waals surface area contributed by atoms with E-state index in [4.69, 9.17) is 5.73 Å². The number of carbonyl (C=O) groups excluding carboxylic acids is 1. The molecule has 1 amide bonds. The highest BCUT2D eigenvalue weighted by atomic mass is 16.2. The molecule has 0 radical (unpaired) electrons. The number of nitrogen functional groups attached to an aromatic ring is 1. The van der Waals surface area contributed by atoms with Crippen molar-refractivity contribution in [1.29, 1.82) is 0 Å². The van der Waals surface area contributed by atoms with Gasteiger partial charge in [-0.3, -0.25) is 9.69 Å². The molecule has 1 atom stereocenters. The number of rotatable bonds is 2. The Hall–Kier alpha value is -1.84. The zero-order valence-electron chi connectivity index (χ0n) is 8.39. The van der Waals surface area contributed by atoms with Gasteiger partial charge in [-0.05, 0) is 12.1 Å². The molecule has 4 nitrogen and oxygen atoms in total. The van der Waals surface area contributed by atoms with Crippen molar-refractivity contribution in [3.8, 4) is 0 Å². The molecule has 0 saturated carbocycles. The van der Waals surface area contributed by atoms with Gasteiger partial charge in [-0.15, -0.1) is 6.58 Å². The van der Waals surface area contributed by atoms with Crippen LogP contribution in [0.25, 0.3) is 0 Å². The molecule has 0 bridgehead atoms. The Morgan fingerprint density at radius 2 is 2.40 bits per heavy atom. The van der Waals surface area contributed by atoms with Crippen LogP contribution in [0, 0.1) is 5.92 Å². The molecule has 1 saturated heterocycles. The minimum Gasteiger partial charge on any atom is -0.397 e. The highest BCUT2D eigenvalue weighted by molar-refractivity contribution is 5.95. The number of pyridine rings is 1. The summed E-state index contributed by atoms with van der Waals surface area (Å²) in [6.45, 7) is 4.37. The summed E-state index contributed by atoms with van der Waals surface area (Å²) >= 11 is 0. The molecule has 1 aliphatic rings. The van der Waals surface area contributed by atoms with E-state index in [9.17, 15) is 4.79 Å². The summed E-state index contributed by atoms with van der Waals surface area (Å²) in [6.07, 6.45) is 3.90. The highest BCUT2D eigenvalue weighted by Crippen LogP contribution is 2.24. The minimum absolute atomic E-state index is 0.0946. The van der Waals surface area contributed by atoms with Crippen molar-refractivity contribution in [3.05, 3.63) is 31.0 Å². The van der Waals surface area contributed by atoms with Crippen LogP contribution in [0.3, 0.4) is 0 Å². The Balaban J connectivity index is 2.21. The molecule has 2 heterocycles. The average Bonchev–Trinajstić information content (AvgIpc) is 2.61. The van der Waals surface area contributed by atoms with Gasteiger partial charge in [0.05, 0.1) is 11.9 Å². The number of anilines is 2. The van der Waals surface area contributed by atoms with Gasteiger partial charge in [-0.2, -0.15) is 0 Å². The van der Waals surface area contributed by atoms with Gasteiger partial charge in [-0.25, -0.2) is 4.98 Å². The minimum atomic E-state index is 0.0946. The average molecular weight is 203 g/mol. The molecule has 1 fully saturated rings. The van der Waals surface area contributed by atoms with E-state index in [0.29, 0.717) is 24.5 Å². The normalized spacial score (nSPS) is 20.7. The fraction of sp³-hybridized carbons (Fsp3) is 0.273. The van der Waals surface area contributed by atoms with Gasteiger partial charge in [0.2, 0.25) is 5.91 Å². The van der Waals surface area contributed by atoms with Gasteiger partial charge in [0, 0.05) is 18.9 Å². The summed E-state index contributed by atoms with van der Waals surface area (Å²) in [7, 11) is 0. The maximum Gasteiger partial charge on any atom is 0.228 e. The first kappa shape index (κ1) is 9.71. The molecule has 78 valence electrons. The summed E-state index contributed by atoms with van der Waals surface area (Å²) in [5, 5.41) is 0. The third kappa shape index (κ3) is 1.83. The van der Waals surface area contributed by atoms with Gasteiger partial charge in [0.15, 0.2) is 0 Å². The predicted octanol–water partition coefficient (Wildman–Crippen LogP) is 1.20. The predicted molar refractivity (Wildman–Crippen MR) is 59.3 cm³/mol. The van der Waals surface area contributed by atoms with E-state index in [1.807, 2.05) is 6.08 Å². The molecule has 0 aromatic carbocycles. The number of nitrogens with zero attached hydrogens (tertiary/aromatic N) is 2. The number of amides is 1. The van der Waals surface area contributed by atoms with Gasteiger partial charge >= 0.3 is 0 Å². The summed E-state index contributed by atoms with van der Waals surface area (Å²) in [5.74, 6) is 0.993. The molecule has 1 aromatic rings. The van der Waals surface area contributed by atoms with E-state index in [1.54, 1.807) is 23.2 Å². The van der Waals surface area contributed by atoms with Crippen LogP contribution in [0.4, 0.5) is 11.5 Å². The molecular formula is C11H13N3O. The molecule has 2 N–H and O–H groups in total. The van der Waals surface area contributed by atoms with Crippen LogP contribution in [0.15, 0.2) is 31.0 Å². The summed E-state index contributed by atoms with van der Waals surface area (Å²) in [4.78, 5) is 17.4. The van der Waals surface area contributed by atoms with Crippen LogP contribution in [-0.2, 0) is 4.79 Å². The maximum absolute atomic E-state index is 11.6. The van der Waals surface area contributed by atoms with Crippen molar-refractivity contribution in [3.63, 3.8) is 0 Å². The van der Waals surface area contributed by atoms with Crippen LogP contribution in [0.2, 0.25) is 0 Å². The van der Waals surface area contributed by atoms with Crippen molar-refractivity contribution < 1.29 is 4.79 Å². The van der Waals surface area contributed by atoms with Crippen LogP contribution in [0.1, 0.15) is 6.42 Å². The third-order valence-corrected chi connectivity index (χ3v) is 2.54. The molecule has 15 heavy (non-hydrogen) atoms. The molecular weight excluding hydrogens is 190 g/mol. The molecule has 0 aliphatic carbocycles. The summed E-state index contributed by atoms with van der Waals surface area (Å²) in [6, 6.07) is 3.51. The van der Waals surface area contributed by atoms with Crippen LogP contribution in [-0.4, -0.2) is 17.4 Å². The summed E-state index contributed by atoms with van der Waals surface area (Å²) < 4.78 is 0. The van der Waals surface area contributed by atoms with Gasteiger partial charge in [0.25, 0.3) is 0 Å². The van der Waals surface area contributed by atoms with Crippen LogP contribution >= 0.6 is 0 Å². The molecule has 1 aliphatic heterocycles. The second-order valence-electron chi connectivity index (χ2n) is 3.65. The number of hydrogen-bond acceptors (Lipinski definition) is 3. The van der Waals surface area contributed by atoms with E-state index in [0.717, 1.165) is 0 Å². The second-order valence-corrected chi connectivity index (χ2v) is 3.65. The topological polar surface area (TPSA) is 59.2 Å². The number of aromatic nitrogens is 1. The largest absolute Gasteiger partial charge is 0.397 e. The first-order valence-electron chi connectivity index (χ1n) is 4.85. The van der Waals surface area contributed by atoms with Crippen molar-refractivity contribution in [2.45, 2.75) is 6.42 Å². The zero-order valence-corrected chi connectivity index (χ0v) is 8.39. The highest BCUT2D eigenvalue weighted by Gasteiger charge is 2.29. The lowest BCUT2D eigenvalue weighted by Crippen LogP contribution is -2.25. The van der Waals surface area contributed by atoms with Crippen LogP contribution < -0.4 is 10.6 Å². The Morgan fingerprint density at radius 3 is 2.93 bits per heavy atom. The van der Waals surface area contributed by atoms with E-state index in [2.05, 4.69) is 11.6 Å². The zero-order chi connectivity index (χ0) is 10.8. The molecule has 0 spiro atoms. The fourth-order valence-electron chi connectivity index (χ4n) is 1.67. The lowest BCUT2D eigenvalue weighted by Gasteiger charge is -2.14. The van der Waals surface area contributed by atoms with Gasteiger partial charge in [-0.1, -0.05) is 6.08 Å². The third-order valence-electron chi connectivity index (χ3n) is 2.54. The van der Waals surface area contributed by atoms with E-state index >= 15 is 0 Å². The first-order valence-corrected chi connectivity index (χ1v) is 4.85. The molecule has 4 heteroatoms. The van der Waals surface area contributed by atoms with E-state index in [-0.39, 0.29) is 11.8 Å². The monoisotopic (exact) mass is 203 g/mol. The first-order chi connectivity index (χ1) is 7.20. The van der Waals surface area contributed by atoms with Crippen molar-refractivity contribution in [1.82, 2.24) is 4.98 Å². The standard InChI is InChI=1S/C11H13N3O/c1-2-8-5-11(15)14(7-8)10-4-3-9(12)6-13-10/h2-4,6,8H,1,5,7,12H2. The Bertz CT molecular complexity index is 385. The molecule has 1 aromatic heterocycles. The Labute approximate surface area is 88.4 Å². The van der Waals surface area contributed by atoms with Crippen molar-refractivity contribution in [2.75, 3.05) is 17.2 Å². The fourth-order valence-corrected chi connectivity index (χ4v) is 1.67. The Morgan fingerprint density at radius 1 is 1.60 bits per heavy atom. The van der Waals surface area contributed by atoms with E-state index < -0.39 is 0 Å². The Kier molecular flexibility index (Phi) is 2.41. The molecule has 2 rings (SSSR count). The van der Waals surface area contributed by atoms with Gasteiger partial charge < -0.3 is 5.73 Å². The van der Waals surface area contributed by atoms with Crippen molar-refractivity contribution >= 4 is 17.4 Å². The number of hydrogen-bond donors (Lipinski definition) is 1.